The Labute approximate surface area is 172 Å². The van der Waals surface area contributed by atoms with Crippen molar-refractivity contribution in [2.75, 3.05) is 24.3 Å². The van der Waals surface area contributed by atoms with Gasteiger partial charge in [-0.15, -0.1) is 11.8 Å². The summed E-state index contributed by atoms with van der Waals surface area (Å²) in [6.45, 7) is 1.16. The van der Waals surface area contributed by atoms with Crippen LogP contribution in [0.3, 0.4) is 0 Å². The number of carbonyl (C=O) groups excluding carboxylic acids is 2. The molecule has 0 aromatic heterocycles. The van der Waals surface area contributed by atoms with Crippen LogP contribution in [-0.4, -0.2) is 42.1 Å². The van der Waals surface area contributed by atoms with E-state index in [9.17, 15) is 14.0 Å². The normalized spacial score (nSPS) is 21.1. The Bertz CT molecular complexity index is 906. The van der Waals surface area contributed by atoms with Crippen molar-refractivity contribution in [2.45, 2.75) is 24.1 Å². The van der Waals surface area contributed by atoms with Crippen LogP contribution >= 0.6 is 11.8 Å². The lowest BCUT2D eigenvalue weighted by Gasteiger charge is -2.28. The number of nitrogens with one attached hydrogen (secondary N) is 2. The molecule has 2 heterocycles. The van der Waals surface area contributed by atoms with Crippen LogP contribution in [0.4, 0.5) is 10.1 Å². The lowest BCUT2D eigenvalue weighted by molar-refractivity contribution is -0.126. The molecular formula is C21H21FN2O4S. The molecule has 0 bridgehead atoms. The zero-order valence-corrected chi connectivity index (χ0v) is 16.5. The number of amides is 2. The van der Waals surface area contributed by atoms with Crippen molar-refractivity contribution < 1.29 is 23.5 Å². The Hall–Kier alpha value is -2.74. The summed E-state index contributed by atoms with van der Waals surface area (Å²) in [7, 11) is 0. The van der Waals surface area contributed by atoms with E-state index in [1.807, 2.05) is 0 Å². The summed E-state index contributed by atoms with van der Waals surface area (Å²) in [5.74, 6) is 0.951. The topological polar surface area (TPSA) is 76.7 Å². The number of hydrogen-bond acceptors (Lipinski definition) is 5. The highest BCUT2D eigenvalue weighted by molar-refractivity contribution is 8.00. The van der Waals surface area contributed by atoms with Gasteiger partial charge in [-0.2, -0.15) is 0 Å². The molecule has 2 N–H and O–H groups in total. The third-order valence-corrected chi connectivity index (χ3v) is 6.05. The fraction of sp³-hybridized carbons (Fsp3) is 0.333. The van der Waals surface area contributed by atoms with Crippen LogP contribution in [0.25, 0.3) is 0 Å². The van der Waals surface area contributed by atoms with Gasteiger partial charge in [0.05, 0.1) is 18.5 Å². The SMILES string of the molecule is O=C(Nc1ccc2c(c1)OCCCO2)[C@@H]1CS[C@@H](Cc2ccc(F)cc2)C(=O)N1. The Balaban J connectivity index is 1.34. The van der Waals surface area contributed by atoms with E-state index in [1.165, 1.54) is 23.9 Å². The van der Waals surface area contributed by atoms with Crippen molar-refractivity contribution >= 4 is 29.3 Å². The largest absolute Gasteiger partial charge is 0.490 e. The smallest absolute Gasteiger partial charge is 0.247 e. The number of thioether (sulfide) groups is 1. The summed E-state index contributed by atoms with van der Waals surface area (Å²) in [5, 5.41) is 5.31. The van der Waals surface area contributed by atoms with Crippen LogP contribution in [-0.2, 0) is 16.0 Å². The molecule has 6 nitrogen and oxygen atoms in total. The van der Waals surface area contributed by atoms with Gasteiger partial charge in [-0.25, -0.2) is 4.39 Å². The third kappa shape index (κ3) is 4.82. The predicted molar refractivity (Wildman–Crippen MR) is 109 cm³/mol. The van der Waals surface area contributed by atoms with Crippen LogP contribution in [0.1, 0.15) is 12.0 Å². The van der Waals surface area contributed by atoms with Gasteiger partial charge >= 0.3 is 0 Å². The average Bonchev–Trinajstić information content (AvgIpc) is 2.96. The van der Waals surface area contributed by atoms with Gasteiger partial charge in [0.1, 0.15) is 11.9 Å². The molecule has 2 aliphatic rings. The number of anilines is 1. The quantitative estimate of drug-likeness (QED) is 0.802. The minimum absolute atomic E-state index is 0.190. The number of ether oxygens (including phenoxy) is 2. The van der Waals surface area contributed by atoms with Gasteiger partial charge in [-0.05, 0) is 36.2 Å². The highest BCUT2D eigenvalue weighted by Crippen LogP contribution is 2.32. The van der Waals surface area contributed by atoms with E-state index < -0.39 is 6.04 Å². The number of halogens is 1. The van der Waals surface area contributed by atoms with Gasteiger partial charge in [-0.3, -0.25) is 9.59 Å². The van der Waals surface area contributed by atoms with Gasteiger partial charge in [-0.1, -0.05) is 12.1 Å². The zero-order valence-electron chi connectivity index (χ0n) is 15.7. The lowest BCUT2D eigenvalue weighted by Crippen LogP contribution is -2.52. The lowest BCUT2D eigenvalue weighted by atomic mass is 10.1. The summed E-state index contributed by atoms with van der Waals surface area (Å²) in [6, 6.07) is 10.7. The Morgan fingerprint density at radius 1 is 1.14 bits per heavy atom. The van der Waals surface area contributed by atoms with Crippen LogP contribution < -0.4 is 20.1 Å². The van der Waals surface area contributed by atoms with E-state index >= 15 is 0 Å². The standard InChI is InChI=1S/C21H21FN2O4S/c22-14-4-2-13(3-5-14)10-19-21(26)24-16(12-29-19)20(25)23-15-6-7-17-18(11-15)28-9-1-8-27-17/h2-7,11,16,19H,1,8-10,12H2,(H,23,25)(H,24,26)/t16-,19-/m0/s1. The minimum atomic E-state index is -0.618. The molecule has 2 amide bonds. The molecule has 0 aliphatic carbocycles. The molecule has 0 saturated carbocycles. The first kappa shape index (κ1) is 19.6. The van der Waals surface area contributed by atoms with E-state index in [2.05, 4.69) is 10.6 Å². The molecule has 0 unspecified atom stereocenters. The molecule has 2 aliphatic heterocycles. The first-order chi connectivity index (χ1) is 14.1. The minimum Gasteiger partial charge on any atom is -0.490 e. The van der Waals surface area contributed by atoms with Crippen molar-refractivity contribution in [1.29, 1.82) is 0 Å². The van der Waals surface area contributed by atoms with E-state index in [1.54, 1.807) is 30.3 Å². The maximum Gasteiger partial charge on any atom is 0.247 e. The van der Waals surface area contributed by atoms with Crippen molar-refractivity contribution in [3.63, 3.8) is 0 Å². The van der Waals surface area contributed by atoms with E-state index in [4.69, 9.17) is 9.47 Å². The van der Waals surface area contributed by atoms with E-state index in [0.29, 0.717) is 42.6 Å². The van der Waals surface area contributed by atoms with Gasteiger partial charge in [0.25, 0.3) is 0 Å². The second kappa shape index (κ2) is 8.73. The van der Waals surface area contributed by atoms with Crippen LogP contribution in [0.15, 0.2) is 42.5 Å². The molecule has 29 heavy (non-hydrogen) atoms. The van der Waals surface area contributed by atoms with Crippen molar-refractivity contribution in [3.8, 4) is 11.5 Å². The second-order valence-corrected chi connectivity index (χ2v) is 8.15. The van der Waals surface area contributed by atoms with Gasteiger partial charge in [0, 0.05) is 23.9 Å². The molecule has 2 aromatic rings. The van der Waals surface area contributed by atoms with Gasteiger partial charge < -0.3 is 20.1 Å². The maximum absolute atomic E-state index is 13.0. The maximum atomic E-state index is 13.0. The molecule has 4 rings (SSSR count). The summed E-state index contributed by atoms with van der Waals surface area (Å²) in [5.41, 5.74) is 1.47. The van der Waals surface area contributed by atoms with Crippen LogP contribution in [0.2, 0.25) is 0 Å². The molecule has 2 atom stereocenters. The monoisotopic (exact) mass is 416 g/mol. The molecule has 8 heteroatoms. The Morgan fingerprint density at radius 2 is 1.90 bits per heavy atom. The fourth-order valence-electron chi connectivity index (χ4n) is 3.19. The molecule has 2 aromatic carbocycles. The van der Waals surface area contributed by atoms with E-state index in [0.717, 1.165) is 12.0 Å². The Kier molecular flexibility index (Phi) is 5.89. The summed E-state index contributed by atoms with van der Waals surface area (Å²) >= 11 is 1.43. The first-order valence-electron chi connectivity index (χ1n) is 9.45. The number of rotatable bonds is 4. The fourth-order valence-corrected chi connectivity index (χ4v) is 4.38. The summed E-state index contributed by atoms with van der Waals surface area (Å²) in [6.07, 6.45) is 1.30. The van der Waals surface area contributed by atoms with E-state index in [-0.39, 0.29) is 22.9 Å². The molecule has 0 radical (unpaired) electrons. The van der Waals surface area contributed by atoms with Crippen LogP contribution in [0, 0.1) is 5.82 Å². The summed E-state index contributed by atoms with van der Waals surface area (Å²) in [4.78, 5) is 25.0. The summed E-state index contributed by atoms with van der Waals surface area (Å²) < 4.78 is 24.3. The first-order valence-corrected chi connectivity index (χ1v) is 10.5. The highest BCUT2D eigenvalue weighted by atomic mass is 32.2. The highest BCUT2D eigenvalue weighted by Gasteiger charge is 2.32. The third-order valence-electron chi connectivity index (χ3n) is 4.74. The molecule has 152 valence electrons. The second-order valence-electron chi connectivity index (χ2n) is 6.91. The molecule has 0 spiro atoms. The van der Waals surface area contributed by atoms with Crippen LogP contribution in [0.5, 0.6) is 11.5 Å². The Morgan fingerprint density at radius 3 is 2.66 bits per heavy atom. The average molecular weight is 416 g/mol. The predicted octanol–water partition coefficient (Wildman–Crippen LogP) is 2.77. The zero-order chi connectivity index (χ0) is 20.2. The van der Waals surface area contributed by atoms with Crippen molar-refractivity contribution in [2.24, 2.45) is 0 Å². The van der Waals surface area contributed by atoms with Crippen molar-refractivity contribution in [1.82, 2.24) is 5.32 Å². The molecule has 1 fully saturated rings. The molecular weight excluding hydrogens is 395 g/mol. The number of fused-ring (bicyclic) bond motifs is 1. The molecule has 1 saturated heterocycles. The van der Waals surface area contributed by atoms with Crippen molar-refractivity contribution in [3.05, 3.63) is 53.8 Å². The van der Waals surface area contributed by atoms with Gasteiger partial charge in [0.2, 0.25) is 11.8 Å². The number of carbonyl (C=O) groups is 2. The number of benzene rings is 2. The van der Waals surface area contributed by atoms with Gasteiger partial charge in [0.15, 0.2) is 11.5 Å². The number of hydrogen-bond donors (Lipinski definition) is 2.